The summed E-state index contributed by atoms with van der Waals surface area (Å²) < 4.78 is 25.8. The van der Waals surface area contributed by atoms with Gasteiger partial charge in [-0.05, 0) is 13.3 Å². The maximum Gasteiger partial charge on any atom is 0.248 e. The van der Waals surface area contributed by atoms with Gasteiger partial charge in [-0.15, -0.1) is 0 Å². The van der Waals surface area contributed by atoms with E-state index in [1.54, 1.807) is 19.1 Å². The second-order valence-corrected chi connectivity index (χ2v) is 3.39. The van der Waals surface area contributed by atoms with Crippen LogP contribution in [0.5, 0.6) is 0 Å². The van der Waals surface area contributed by atoms with Crippen LogP contribution in [0.15, 0.2) is 24.3 Å². The molecule has 0 aliphatic rings. The van der Waals surface area contributed by atoms with Crippen LogP contribution < -0.4 is 0 Å². The van der Waals surface area contributed by atoms with Gasteiger partial charge in [-0.3, -0.25) is 0 Å². The van der Waals surface area contributed by atoms with Crippen LogP contribution in [-0.4, -0.2) is 5.92 Å². The predicted octanol–water partition coefficient (Wildman–Crippen LogP) is 4.33. The minimum absolute atomic E-state index is 0.00604. The summed E-state index contributed by atoms with van der Waals surface area (Å²) in [6, 6.07) is 0. The van der Waals surface area contributed by atoms with Crippen molar-refractivity contribution in [2.75, 3.05) is 0 Å². The number of allylic oxidation sites excluding steroid dienone is 3. The summed E-state index contributed by atoms with van der Waals surface area (Å²) in [4.78, 5) is 0. The first-order chi connectivity index (χ1) is 5.98. The molecule has 13 heavy (non-hydrogen) atoms. The first-order valence-electron chi connectivity index (χ1n) is 4.68. The van der Waals surface area contributed by atoms with Crippen molar-refractivity contribution in [3.8, 4) is 0 Å². The summed E-state index contributed by atoms with van der Waals surface area (Å²) in [5.74, 6) is -2.49. The Labute approximate surface area is 79.3 Å². The third-order valence-electron chi connectivity index (χ3n) is 1.69. The number of halogens is 2. The molecule has 0 rings (SSSR count). The van der Waals surface area contributed by atoms with Crippen molar-refractivity contribution < 1.29 is 8.78 Å². The standard InChI is InChI=1S/C11H18F2/c1-4-8-11(12,13)9-6-5-7-10(2)3/h5,7H,2,4,6,8-9H2,1,3H3/b7-5-. The zero-order valence-electron chi connectivity index (χ0n) is 8.45. The lowest BCUT2D eigenvalue weighted by Gasteiger charge is -2.13. The number of alkyl halides is 2. The van der Waals surface area contributed by atoms with Crippen molar-refractivity contribution in [1.82, 2.24) is 0 Å². The number of rotatable bonds is 6. The minimum Gasteiger partial charge on any atom is -0.207 e. The first-order valence-corrected chi connectivity index (χ1v) is 4.68. The molecule has 0 aromatic rings. The molecule has 0 bridgehead atoms. The zero-order valence-corrected chi connectivity index (χ0v) is 8.45. The molecule has 0 aromatic heterocycles. The quantitative estimate of drug-likeness (QED) is 0.544. The Kier molecular flexibility index (Phi) is 5.60. The summed E-state index contributed by atoms with van der Waals surface area (Å²) in [5.41, 5.74) is 0.902. The van der Waals surface area contributed by atoms with E-state index in [0.29, 0.717) is 12.8 Å². The van der Waals surface area contributed by atoms with Gasteiger partial charge in [0, 0.05) is 12.8 Å². The molecule has 0 N–H and O–H groups in total. The van der Waals surface area contributed by atoms with Gasteiger partial charge in [0.25, 0.3) is 0 Å². The zero-order chi connectivity index (χ0) is 10.3. The first kappa shape index (κ1) is 12.3. The van der Waals surface area contributed by atoms with Crippen LogP contribution in [0, 0.1) is 0 Å². The third kappa shape index (κ3) is 7.69. The SMILES string of the molecule is C=C(C)/C=C\CCC(F)(F)CCC. The van der Waals surface area contributed by atoms with Gasteiger partial charge in [-0.2, -0.15) is 0 Å². The van der Waals surface area contributed by atoms with Crippen molar-refractivity contribution in [3.63, 3.8) is 0 Å². The maximum absolute atomic E-state index is 12.9. The molecular formula is C11H18F2. The van der Waals surface area contributed by atoms with E-state index < -0.39 is 5.92 Å². The fourth-order valence-corrected chi connectivity index (χ4v) is 1.07. The van der Waals surface area contributed by atoms with E-state index in [1.807, 2.05) is 6.92 Å². The summed E-state index contributed by atoms with van der Waals surface area (Å²) in [6.45, 7) is 7.27. The third-order valence-corrected chi connectivity index (χ3v) is 1.69. The van der Waals surface area contributed by atoms with Crippen LogP contribution in [0.3, 0.4) is 0 Å². The molecule has 76 valence electrons. The van der Waals surface area contributed by atoms with Gasteiger partial charge in [0.2, 0.25) is 5.92 Å². The number of hydrogen-bond acceptors (Lipinski definition) is 0. The van der Waals surface area contributed by atoms with Gasteiger partial charge in [0.05, 0.1) is 0 Å². The fraction of sp³-hybridized carbons (Fsp3) is 0.636. The molecule has 0 spiro atoms. The molecular weight excluding hydrogens is 170 g/mol. The van der Waals surface area contributed by atoms with Crippen molar-refractivity contribution in [1.29, 1.82) is 0 Å². The van der Waals surface area contributed by atoms with E-state index in [0.717, 1.165) is 5.57 Å². The second-order valence-electron chi connectivity index (χ2n) is 3.39. The molecule has 0 unspecified atom stereocenters. The molecule has 0 aliphatic heterocycles. The van der Waals surface area contributed by atoms with E-state index >= 15 is 0 Å². The van der Waals surface area contributed by atoms with Crippen molar-refractivity contribution in [2.45, 2.75) is 45.5 Å². The maximum atomic E-state index is 12.9. The van der Waals surface area contributed by atoms with E-state index in [-0.39, 0.29) is 12.8 Å². The van der Waals surface area contributed by atoms with Crippen LogP contribution in [-0.2, 0) is 0 Å². The summed E-state index contributed by atoms with van der Waals surface area (Å²) in [7, 11) is 0. The Bertz CT molecular complexity index is 181. The Hall–Kier alpha value is -0.660. The predicted molar refractivity (Wildman–Crippen MR) is 53.0 cm³/mol. The minimum atomic E-state index is -2.49. The Morgan fingerprint density at radius 3 is 2.46 bits per heavy atom. The highest BCUT2D eigenvalue weighted by Crippen LogP contribution is 2.25. The highest BCUT2D eigenvalue weighted by atomic mass is 19.3. The molecule has 0 aromatic carbocycles. The Morgan fingerprint density at radius 1 is 1.38 bits per heavy atom. The molecule has 0 saturated carbocycles. The lowest BCUT2D eigenvalue weighted by molar-refractivity contribution is -0.0157. The normalized spacial score (nSPS) is 12.3. The van der Waals surface area contributed by atoms with Gasteiger partial charge in [0.1, 0.15) is 0 Å². The molecule has 0 aliphatic carbocycles. The topological polar surface area (TPSA) is 0 Å². The average molecular weight is 188 g/mol. The highest BCUT2D eigenvalue weighted by Gasteiger charge is 2.25. The fourth-order valence-electron chi connectivity index (χ4n) is 1.07. The van der Waals surface area contributed by atoms with Crippen molar-refractivity contribution in [2.24, 2.45) is 0 Å². The Balaban J connectivity index is 3.68. The molecule has 0 nitrogen and oxygen atoms in total. The van der Waals surface area contributed by atoms with Crippen LogP contribution in [0.4, 0.5) is 8.78 Å². The Morgan fingerprint density at radius 2 is 2.00 bits per heavy atom. The smallest absolute Gasteiger partial charge is 0.207 e. The van der Waals surface area contributed by atoms with Gasteiger partial charge in [0.15, 0.2) is 0 Å². The van der Waals surface area contributed by atoms with E-state index in [4.69, 9.17) is 0 Å². The summed E-state index contributed by atoms with van der Waals surface area (Å²) in [5, 5.41) is 0. The van der Waals surface area contributed by atoms with Crippen LogP contribution in [0.25, 0.3) is 0 Å². The number of hydrogen-bond donors (Lipinski definition) is 0. The average Bonchev–Trinajstić information content (AvgIpc) is 1.98. The van der Waals surface area contributed by atoms with Crippen LogP contribution >= 0.6 is 0 Å². The monoisotopic (exact) mass is 188 g/mol. The molecule has 0 atom stereocenters. The van der Waals surface area contributed by atoms with Crippen molar-refractivity contribution in [3.05, 3.63) is 24.3 Å². The lowest BCUT2D eigenvalue weighted by atomic mass is 10.1. The lowest BCUT2D eigenvalue weighted by Crippen LogP contribution is -2.14. The largest absolute Gasteiger partial charge is 0.248 e. The molecule has 0 radical (unpaired) electrons. The summed E-state index contributed by atoms with van der Waals surface area (Å²) >= 11 is 0. The molecule has 0 fully saturated rings. The van der Waals surface area contributed by atoms with E-state index in [9.17, 15) is 8.78 Å². The molecule has 0 heterocycles. The molecule has 2 heteroatoms. The van der Waals surface area contributed by atoms with Gasteiger partial charge in [-0.1, -0.05) is 37.6 Å². The van der Waals surface area contributed by atoms with Crippen molar-refractivity contribution >= 4 is 0 Å². The molecule has 0 amide bonds. The van der Waals surface area contributed by atoms with Gasteiger partial charge >= 0.3 is 0 Å². The summed E-state index contributed by atoms with van der Waals surface area (Å²) in [6.07, 6.45) is 4.45. The van der Waals surface area contributed by atoms with Gasteiger partial charge in [-0.25, -0.2) is 8.78 Å². The second kappa shape index (κ2) is 5.90. The van der Waals surface area contributed by atoms with Crippen LogP contribution in [0.2, 0.25) is 0 Å². The van der Waals surface area contributed by atoms with Crippen LogP contribution in [0.1, 0.15) is 39.5 Å². The molecule has 0 saturated heterocycles. The highest BCUT2D eigenvalue weighted by molar-refractivity contribution is 5.10. The van der Waals surface area contributed by atoms with Gasteiger partial charge < -0.3 is 0 Å². The van der Waals surface area contributed by atoms with E-state index in [1.165, 1.54) is 0 Å². The van der Waals surface area contributed by atoms with E-state index in [2.05, 4.69) is 6.58 Å².